The fraction of sp³-hybridized carbons (Fsp3) is 0.353. The average molecular weight is 345 g/mol. The summed E-state index contributed by atoms with van der Waals surface area (Å²) >= 11 is 6.16. The van der Waals surface area contributed by atoms with Crippen LogP contribution < -0.4 is 10.2 Å². The van der Waals surface area contributed by atoms with Crippen LogP contribution in [0.4, 0.5) is 5.69 Å². The number of hydrogen-bond donors (Lipinski definition) is 2. The van der Waals surface area contributed by atoms with Gasteiger partial charge in [-0.05, 0) is 37.5 Å². The molecule has 1 aliphatic heterocycles. The summed E-state index contributed by atoms with van der Waals surface area (Å²) in [6.45, 7) is 0.529. The van der Waals surface area contributed by atoms with E-state index in [4.69, 9.17) is 11.6 Å². The number of halogens is 1. The second-order valence-electron chi connectivity index (χ2n) is 6.24. The molecule has 124 valence electrons. The Morgan fingerprint density at radius 1 is 1.29 bits per heavy atom. The monoisotopic (exact) mass is 344 g/mol. The summed E-state index contributed by atoms with van der Waals surface area (Å²) < 4.78 is 0. The Hall–Kier alpha value is -2.34. The molecule has 1 atom stereocenters. The van der Waals surface area contributed by atoms with Crippen molar-refractivity contribution in [3.8, 4) is 0 Å². The minimum Gasteiger partial charge on any atom is -0.339 e. The largest absolute Gasteiger partial charge is 0.339 e. The molecule has 2 aliphatic rings. The maximum absolute atomic E-state index is 12.6. The van der Waals surface area contributed by atoms with E-state index in [1.165, 1.54) is 0 Å². The molecule has 0 spiro atoms. The Morgan fingerprint density at radius 2 is 2.08 bits per heavy atom. The Morgan fingerprint density at radius 3 is 2.83 bits per heavy atom. The van der Waals surface area contributed by atoms with Gasteiger partial charge in [0.2, 0.25) is 5.91 Å². The van der Waals surface area contributed by atoms with Gasteiger partial charge >= 0.3 is 0 Å². The van der Waals surface area contributed by atoms with Gasteiger partial charge in [-0.15, -0.1) is 0 Å². The van der Waals surface area contributed by atoms with Crippen LogP contribution >= 0.6 is 11.6 Å². The molecule has 1 saturated heterocycles. The van der Waals surface area contributed by atoms with Crippen molar-refractivity contribution < 1.29 is 9.59 Å². The van der Waals surface area contributed by atoms with Gasteiger partial charge in [0.1, 0.15) is 11.7 Å². The standard InChI is InChI=1S/C17H17ClN4O2/c18-11-3-1-2-4-15(11)22-8-7-12(17(22)24)19-16(23)14-9-13(20-21-14)10-5-6-10/h1-4,9-10,12H,5-8H2,(H,19,23)(H,20,21)/t12-/m1/s1. The van der Waals surface area contributed by atoms with Crippen LogP contribution in [0.2, 0.25) is 5.02 Å². The summed E-state index contributed by atoms with van der Waals surface area (Å²) in [4.78, 5) is 26.5. The molecule has 7 heteroatoms. The summed E-state index contributed by atoms with van der Waals surface area (Å²) in [6.07, 6.45) is 2.82. The lowest BCUT2D eigenvalue weighted by Gasteiger charge is -2.18. The number of nitrogens with zero attached hydrogens (tertiary/aromatic N) is 2. The lowest BCUT2D eigenvalue weighted by molar-refractivity contribution is -0.118. The molecule has 6 nitrogen and oxygen atoms in total. The van der Waals surface area contributed by atoms with E-state index in [-0.39, 0.29) is 11.8 Å². The first-order valence-corrected chi connectivity index (χ1v) is 8.43. The molecule has 24 heavy (non-hydrogen) atoms. The summed E-state index contributed by atoms with van der Waals surface area (Å²) in [5.41, 5.74) is 2.01. The topological polar surface area (TPSA) is 78.1 Å². The minimum atomic E-state index is -0.546. The number of nitrogens with one attached hydrogen (secondary N) is 2. The molecule has 1 aromatic carbocycles. The third-order valence-electron chi connectivity index (χ3n) is 4.50. The fourth-order valence-electron chi connectivity index (χ4n) is 3.01. The first kappa shape index (κ1) is 15.2. The smallest absolute Gasteiger partial charge is 0.272 e. The highest BCUT2D eigenvalue weighted by Gasteiger charge is 2.35. The number of carbonyl (C=O) groups is 2. The van der Waals surface area contributed by atoms with Crippen LogP contribution in [-0.2, 0) is 4.79 Å². The third-order valence-corrected chi connectivity index (χ3v) is 4.82. The lowest BCUT2D eigenvalue weighted by Crippen LogP contribution is -2.41. The molecule has 1 aliphatic carbocycles. The van der Waals surface area contributed by atoms with Crippen molar-refractivity contribution in [2.24, 2.45) is 0 Å². The van der Waals surface area contributed by atoms with Crippen LogP contribution in [0.25, 0.3) is 0 Å². The van der Waals surface area contributed by atoms with E-state index < -0.39 is 6.04 Å². The Labute approximate surface area is 144 Å². The predicted octanol–water partition coefficient (Wildman–Crippen LogP) is 2.48. The first-order valence-electron chi connectivity index (χ1n) is 8.05. The number of aromatic nitrogens is 2. The van der Waals surface area contributed by atoms with Gasteiger partial charge in [-0.25, -0.2) is 0 Å². The second-order valence-corrected chi connectivity index (χ2v) is 6.65. The van der Waals surface area contributed by atoms with Crippen LogP contribution in [0.15, 0.2) is 30.3 Å². The molecule has 0 bridgehead atoms. The van der Waals surface area contributed by atoms with E-state index in [9.17, 15) is 9.59 Å². The van der Waals surface area contributed by atoms with Crippen LogP contribution in [0.3, 0.4) is 0 Å². The van der Waals surface area contributed by atoms with Gasteiger partial charge in [0.15, 0.2) is 0 Å². The molecular formula is C17H17ClN4O2. The van der Waals surface area contributed by atoms with Gasteiger partial charge in [0, 0.05) is 18.2 Å². The molecule has 4 rings (SSSR count). The Balaban J connectivity index is 1.44. The number of para-hydroxylation sites is 1. The molecule has 2 aromatic rings. The quantitative estimate of drug-likeness (QED) is 0.894. The zero-order valence-corrected chi connectivity index (χ0v) is 13.7. The van der Waals surface area contributed by atoms with Gasteiger partial charge in [0.25, 0.3) is 5.91 Å². The van der Waals surface area contributed by atoms with Gasteiger partial charge in [-0.2, -0.15) is 5.10 Å². The first-order chi connectivity index (χ1) is 11.6. The molecular weight excluding hydrogens is 328 g/mol. The number of rotatable bonds is 4. The van der Waals surface area contributed by atoms with E-state index in [0.29, 0.717) is 35.3 Å². The Kier molecular flexibility index (Phi) is 3.76. The number of hydrogen-bond acceptors (Lipinski definition) is 3. The van der Waals surface area contributed by atoms with E-state index in [0.717, 1.165) is 18.5 Å². The lowest BCUT2D eigenvalue weighted by atomic mass is 10.2. The maximum atomic E-state index is 12.6. The van der Waals surface area contributed by atoms with Crippen molar-refractivity contribution in [3.63, 3.8) is 0 Å². The predicted molar refractivity (Wildman–Crippen MR) is 90.2 cm³/mol. The summed E-state index contributed by atoms with van der Waals surface area (Å²) in [6, 6.07) is 8.44. The molecule has 2 amide bonds. The van der Waals surface area contributed by atoms with Crippen molar-refractivity contribution >= 4 is 29.1 Å². The summed E-state index contributed by atoms with van der Waals surface area (Å²) in [5.74, 6) is 0.0368. The normalized spacial score (nSPS) is 20.5. The molecule has 2 fully saturated rings. The van der Waals surface area contributed by atoms with E-state index in [2.05, 4.69) is 15.5 Å². The minimum absolute atomic E-state index is 0.144. The number of carbonyl (C=O) groups excluding carboxylic acids is 2. The summed E-state index contributed by atoms with van der Waals surface area (Å²) in [7, 11) is 0. The fourth-order valence-corrected chi connectivity index (χ4v) is 3.25. The molecule has 2 N–H and O–H groups in total. The van der Waals surface area contributed by atoms with Gasteiger partial charge in [-0.3, -0.25) is 14.7 Å². The molecule has 2 heterocycles. The number of benzene rings is 1. The second kappa shape index (κ2) is 5.94. The number of amides is 2. The highest BCUT2D eigenvalue weighted by molar-refractivity contribution is 6.34. The van der Waals surface area contributed by atoms with Crippen molar-refractivity contribution in [3.05, 3.63) is 46.7 Å². The van der Waals surface area contributed by atoms with Crippen molar-refractivity contribution in [1.82, 2.24) is 15.5 Å². The highest BCUT2D eigenvalue weighted by atomic mass is 35.5. The SMILES string of the molecule is O=C(N[C@@H]1CCN(c2ccccc2Cl)C1=O)c1cc(C2CC2)[nH]n1. The number of anilines is 1. The van der Waals surface area contributed by atoms with E-state index in [1.54, 1.807) is 23.1 Å². The van der Waals surface area contributed by atoms with Gasteiger partial charge in [0.05, 0.1) is 10.7 Å². The molecule has 0 radical (unpaired) electrons. The zero-order chi connectivity index (χ0) is 16.7. The van der Waals surface area contributed by atoms with Crippen molar-refractivity contribution in [2.75, 3.05) is 11.4 Å². The van der Waals surface area contributed by atoms with Crippen LogP contribution in [0.5, 0.6) is 0 Å². The molecule has 1 saturated carbocycles. The maximum Gasteiger partial charge on any atom is 0.272 e. The molecule has 1 aromatic heterocycles. The van der Waals surface area contributed by atoms with Crippen LogP contribution in [0.1, 0.15) is 41.4 Å². The van der Waals surface area contributed by atoms with Crippen molar-refractivity contribution in [1.29, 1.82) is 0 Å². The van der Waals surface area contributed by atoms with E-state index in [1.807, 2.05) is 12.1 Å². The molecule has 0 unspecified atom stereocenters. The van der Waals surface area contributed by atoms with Gasteiger partial charge in [-0.1, -0.05) is 23.7 Å². The number of H-pyrrole nitrogens is 1. The van der Waals surface area contributed by atoms with Crippen LogP contribution in [0, 0.1) is 0 Å². The number of aromatic amines is 1. The zero-order valence-electron chi connectivity index (χ0n) is 13.0. The summed E-state index contributed by atoms with van der Waals surface area (Å²) in [5, 5.41) is 10.3. The van der Waals surface area contributed by atoms with Crippen LogP contribution in [-0.4, -0.2) is 34.6 Å². The van der Waals surface area contributed by atoms with Crippen molar-refractivity contribution in [2.45, 2.75) is 31.2 Å². The average Bonchev–Trinajstić information content (AvgIpc) is 3.20. The van der Waals surface area contributed by atoms with E-state index >= 15 is 0 Å². The third kappa shape index (κ3) is 2.78. The highest BCUT2D eigenvalue weighted by Crippen LogP contribution is 2.39. The Bertz CT molecular complexity index is 799. The van der Waals surface area contributed by atoms with Gasteiger partial charge < -0.3 is 10.2 Å².